The van der Waals surface area contributed by atoms with Crippen molar-refractivity contribution in [2.75, 3.05) is 5.73 Å². The van der Waals surface area contributed by atoms with Crippen molar-refractivity contribution >= 4 is 34.0 Å². The predicted octanol–water partition coefficient (Wildman–Crippen LogP) is 3.10. The number of carbonyl (C=O) groups is 1. The first-order chi connectivity index (χ1) is 10.9. The van der Waals surface area contributed by atoms with Crippen LogP contribution in [0.1, 0.15) is 25.3 Å². The highest BCUT2D eigenvalue weighted by molar-refractivity contribution is 5.89. The second-order valence-corrected chi connectivity index (χ2v) is 5.43. The van der Waals surface area contributed by atoms with Gasteiger partial charge in [0, 0.05) is 6.07 Å². The highest BCUT2D eigenvalue weighted by atomic mass is 16.7. The highest BCUT2D eigenvalue weighted by Gasteiger charge is 2.15. The molecule has 7 heteroatoms. The van der Waals surface area contributed by atoms with Gasteiger partial charge in [0.15, 0.2) is 22.7 Å². The average molecular weight is 314 g/mol. The summed E-state index contributed by atoms with van der Waals surface area (Å²) in [4.78, 5) is 27.2. The zero-order valence-electron chi connectivity index (χ0n) is 12.5. The summed E-state index contributed by atoms with van der Waals surface area (Å²) >= 11 is 0. The SMILES string of the molecule is CC(C)c1ccc2oc3cc(OC(=O)O)c(N)nc3c(=O)c2c1. The molecule has 0 fully saturated rings. The summed E-state index contributed by atoms with van der Waals surface area (Å²) < 4.78 is 10.2. The molecule has 0 atom stereocenters. The predicted molar refractivity (Wildman–Crippen MR) is 84.9 cm³/mol. The second kappa shape index (κ2) is 5.28. The number of carboxylic acid groups (broad SMARTS) is 1. The monoisotopic (exact) mass is 314 g/mol. The number of nitrogens with two attached hydrogens (primary N) is 1. The van der Waals surface area contributed by atoms with Gasteiger partial charge in [0.05, 0.1) is 5.39 Å². The lowest BCUT2D eigenvalue weighted by molar-refractivity contribution is 0.144. The highest BCUT2D eigenvalue weighted by Crippen LogP contribution is 2.27. The molecule has 0 aliphatic rings. The van der Waals surface area contributed by atoms with Crippen molar-refractivity contribution < 1.29 is 19.1 Å². The number of anilines is 1. The van der Waals surface area contributed by atoms with Crippen LogP contribution in [0.4, 0.5) is 10.6 Å². The molecule has 0 aliphatic carbocycles. The molecule has 7 nitrogen and oxygen atoms in total. The fourth-order valence-electron chi connectivity index (χ4n) is 2.33. The Morgan fingerprint density at radius 1 is 1.30 bits per heavy atom. The molecule has 0 aliphatic heterocycles. The topological polar surface area (TPSA) is 116 Å². The third-order valence-electron chi connectivity index (χ3n) is 3.53. The van der Waals surface area contributed by atoms with E-state index in [1.807, 2.05) is 19.9 Å². The largest absolute Gasteiger partial charge is 0.511 e. The fourth-order valence-corrected chi connectivity index (χ4v) is 2.33. The van der Waals surface area contributed by atoms with Crippen LogP contribution < -0.4 is 15.9 Å². The number of benzene rings is 1. The molecule has 0 amide bonds. The quantitative estimate of drug-likeness (QED) is 0.551. The number of rotatable bonds is 2. The molecule has 3 rings (SSSR count). The van der Waals surface area contributed by atoms with Crippen LogP contribution in [-0.2, 0) is 0 Å². The average Bonchev–Trinajstić information content (AvgIpc) is 2.48. The Hall–Kier alpha value is -3.09. The minimum absolute atomic E-state index is 0.0358. The van der Waals surface area contributed by atoms with E-state index in [1.165, 1.54) is 6.07 Å². The number of hydrogen-bond acceptors (Lipinski definition) is 6. The Morgan fingerprint density at radius 3 is 2.70 bits per heavy atom. The summed E-state index contributed by atoms with van der Waals surface area (Å²) in [5, 5.41) is 9.08. The van der Waals surface area contributed by atoms with Crippen LogP contribution >= 0.6 is 0 Å². The maximum atomic E-state index is 12.6. The van der Waals surface area contributed by atoms with Gasteiger partial charge >= 0.3 is 6.16 Å². The van der Waals surface area contributed by atoms with Crippen LogP contribution in [0.25, 0.3) is 22.1 Å². The van der Waals surface area contributed by atoms with Crippen LogP contribution in [-0.4, -0.2) is 16.2 Å². The van der Waals surface area contributed by atoms with Crippen LogP contribution in [0.15, 0.2) is 33.5 Å². The Balaban J connectivity index is 2.32. The van der Waals surface area contributed by atoms with E-state index in [1.54, 1.807) is 12.1 Å². The van der Waals surface area contributed by atoms with Crippen LogP contribution in [0.5, 0.6) is 5.75 Å². The molecule has 23 heavy (non-hydrogen) atoms. The lowest BCUT2D eigenvalue weighted by Gasteiger charge is -2.08. The lowest BCUT2D eigenvalue weighted by atomic mass is 10.0. The molecule has 0 saturated heterocycles. The summed E-state index contributed by atoms with van der Waals surface area (Å²) in [7, 11) is 0. The van der Waals surface area contributed by atoms with E-state index in [0.29, 0.717) is 11.0 Å². The molecule has 0 radical (unpaired) electrons. The van der Waals surface area contributed by atoms with Crippen LogP contribution in [0.2, 0.25) is 0 Å². The number of fused-ring (bicyclic) bond motifs is 2. The summed E-state index contributed by atoms with van der Waals surface area (Å²) in [6.45, 7) is 4.05. The van der Waals surface area contributed by atoms with Gasteiger partial charge in [0.2, 0.25) is 5.43 Å². The smallest absolute Gasteiger partial charge is 0.454 e. The van der Waals surface area contributed by atoms with Crippen molar-refractivity contribution in [3.63, 3.8) is 0 Å². The summed E-state index contributed by atoms with van der Waals surface area (Å²) in [6, 6.07) is 6.61. The van der Waals surface area contributed by atoms with Crippen molar-refractivity contribution in [1.29, 1.82) is 0 Å². The van der Waals surface area contributed by atoms with Gasteiger partial charge in [-0.15, -0.1) is 0 Å². The van der Waals surface area contributed by atoms with Gasteiger partial charge in [-0.3, -0.25) is 4.79 Å². The second-order valence-electron chi connectivity index (χ2n) is 5.43. The maximum Gasteiger partial charge on any atom is 0.511 e. The van der Waals surface area contributed by atoms with Gasteiger partial charge in [-0.25, -0.2) is 9.78 Å². The Labute approximate surface area is 130 Å². The van der Waals surface area contributed by atoms with E-state index in [0.717, 1.165) is 5.56 Å². The van der Waals surface area contributed by atoms with E-state index in [-0.39, 0.29) is 34.0 Å². The minimum atomic E-state index is -1.53. The number of ether oxygens (including phenoxy) is 1. The van der Waals surface area contributed by atoms with E-state index in [2.05, 4.69) is 9.72 Å². The normalized spacial score (nSPS) is 11.3. The lowest BCUT2D eigenvalue weighted by Crippen LogP contribution is -2.10. The van der Waals surface area contributed by atoms with Crippen LogP contribution in [0, 0.1) is 0 Å². The molecule has 0 bridgehead atoms. The molecular formula is C16H14N2O5. The maximum absolute atomic E-state index is 12.6. The first-order valence-corrected chi connectivity index (χ1v) is 6.94. The molecule has 3 aromatic rings. The van der Waals surface area contributed by atoms with E-state index in [4.69, 9.17) is 15.3 Å². The summed E-state index contributed by atoms with van der Waals surface area (Å²) in [6.07, 6.45) is -1.53. The number of pyridine rings is 1. The molecule has 3 N–H and O–H groups in total. The molecule has 118 valence electrons. The third-order valence-corrected chi connectivity index (χ3v) is 3.53. The van der Waals surface area contributed by atoms with E-state index < -0.39 is 6.16 Å². The molecule has 0 saturated carbocycles. The summed E-state index contributed by atoms with van der Waals surface area (Å²) in [5.41, 5.74) is 6.87. The van der Waals surface area contributed by atoms with Gasteiger partial charge in [0.1, 0.15) is 5.58 Å². The van der Waals surface area contributed by atoms with E-state index in [9.17, 15) is 9.59 Å². The molecule has 0 spiro atoms. The van der Waals surface area contributed by atoms with E-state index >= 15 is 0 Å². The molecule has 2 heterocycles. The number of hydrogen-bond donors (Lipinski definition) is 2. The molecule has 0 unspecified atom stereocenters. The van der Waals surface area contributed by atoms with Gasteiger partial charge in [-0.2, -0.15) is 0 Å². The Morgan fingerprint density at radius 2 is 2.04 bits per heavy atom. The first-order valence-electron chi connectivity index (χ1n) is 6.94. The van der Waals surface area contributed by atoms with Crippen molar-refractivity contribution in [3.05, 3.63) is 40.1 Å². The van der Waals surface area contributed by atoms with Crippen molar-refractivity contribution in [2.24, 2.45) is 0 Å². The van der Waals surface area contributed by atoms with Gasteiger partial charge < -0.3 is 20.0 Å². The van der Waals surface area contributed by atoms with Gasteiger partial charge in [-0.1, -0.05) is 19.9 Å². The molecular weight excluding hydrogens is 300 g/mol. The zero-order chi connectivity index (χ0) is 16.7. The molecule has 1 aromatic carbocycles. The number of nitrogens with zero attached hydrogens (tertiary/aromatic N) is 1. The fraction of sp³-hybridized carbons (Fsp3) is 0.188. The van der Waals surface area contributed by atoms with Crippen molar-refractivity contribution in [2.45, 2.75) is 19.8 Å². The Kier molecular flexibility index (Phi) is 3.40. The van der Waals surface area contributed by atoms with Gasteiger partial charge in [-0.05, 0) is 23.6 Å². The third kappa shape index (κ3) is 2.57. The number of nitrogen functional groups attached to an aromatic ring is 1. The minimum Gasteiger partial charge on any atom is -0.454 e. The van der Waals surface area contributed by atoms with Crippen molar-refractivity contribution in [3.8, 4) is 5.75 Å². The standard InChI is InChI=1S/C16H14N2O5/c1-7(2)8-3-4-10-9(5-8)14(19)13-11(22-10)6-12(15(17)18-13)23-16(20)21/h3-7H,1-2H3,(H2,17,18)(H,20,21). The number of aromatic nitrogens is 1. The van der Waals surface area contributed by atoms with Gasteiger partial charge in [0.25, 0.3) is 0 Å². The summed E-state index contributed by atoms with van der Waals surface area (Å²) in [5.74, 6) is -0.100. The van der Waals surface area contributed by atoms with Crippen LogP contribution in [0.3, 0.4) is 0 Å². The zero-order valence-corrected chi connectivity index (χ0v) is 12.5. The first kappa shape index (κ1) is 14.8. The molecule has 2 aromatic heterocycles. The van der Waals surface area contributed by atoms with Crippen molar-refractivity contribution in [1.82, 2.24) is 4.98 Å². The Bertz CT molecular complexity index is 991.